The molecule has 4 amide bonds. The molecule has 14 heteroatoms. The normalized spacial score (nSPS) is 19.7. The molecule has 0 saturated carbocycles. The lowest BCUT2D eigenvalue weighted by atomic mass is 9.99. The molecule has 300 valence electrons. The second kappa shape index (κ2) is 17.9. The molecule has 56 heavy (non-hydrogen) atoms. The van der Waals surface area contributed by atoms with Crippen LogP contribution >= 0.6 is 0 Å². The summed E-state index contributed by atoms with van der Waals surface area (Å²) in [4.78, 5) is 67.1. The van der Waals surface area contributed by atoms with Gasteiger partial charge in [0.05, 0.1) is 39.4 Å². The molecule has 2 aromatic heterocycles. The highest BCUT2D eigenvalue weighted by Crippen LogP contribution is 2.32. The van der Waals surface area contributed by atoms with E-state index in [0.29, 0.717) is 11.6 Å². The van der Waals surface area contributed by atoms with Gasteiger partial charge in [0, 0.05) is 0 Å². The first-order valence-electron chi connectivity index (χ1n) is 19.3. The molecule has 5 rings (SSSR count). The van der Waals surface area contributed by atoms with Crippen LogP contribution in [0, 0.1) is 23.7 Å². The summed E-state index contributed by atoms with van der Waals surface area (Å²) >= 11 is 0. The number of fused-ring (bicyclic) bond motifs is 4. The van der Waals surface area contributed by atoms with Gasteiger partial charge in [0.2, 0.25) is 23.6 Å². The van der Waals surface area contributed by atoms with Crippen molar-refractivity contribution in [3.05, 3.63) is 94.8 Å². The largest absolute Gasteiger partial charge is 0.480 e. The van der Waals surface area contributed by atoms with Crippen molar-refractivity contribution in [1.82, 2.24) is 40.4 Å². The van der Waals surface area contributed by atoms with Crippen molar-refractivity contribution in [1.29, 1.82) is 0 Å². The number of aromatic nitrogens is 4. The van der Waals surface area contributed by atoms with Crippen LogP contribution in [0.3, 0.4) is 0 Å². The van der Waals surface area contributed by atoms with Crippen molar-refractivity contribution in [2.24, 2.45) is 23.7 Å². The maximum absolute atomic E-state index is 14.4. The van der Waals surface area contributed by atoms with Crippen molar-refractivity contribution in [2.75, 3.05) is 14.2 Å². The maximum Gasteiger partial charge on any atom is 0.276 e. The highest BCUT2D eigenvalue weighted by molar-refractivity contribution is 5.99. The summed E-state index contributed by atoms with van der Waals surface area (Å²) in [5, 5.41) is 12.2. The molecule has 2 aromatic carbocycles. The predicted molar refractivity (Wildman–Crippen MR) is 212 cm³/mol. The van der Waals surface area contributed by atoms with Crippen LogP contribution in [0.15, 0.2) is 60.7 Å². The van der Waals surface area contributed by atoms with Crippen LogP contribution in [0.2, 0.25) is 0 Å². The average molecular weight is 769 g/mol. The summed E-state index contributed by atoms with van der Waals surface area (Å²) in [6.07, 6.45) is 0. The Morgan fingerprint density at radius 2 is 0.839 bits per heavy atom. The fraction of sp³-hybridized carbons (Fsp3) is 0.476. The van der Waals surface area contributed by atoms with Crippen LogP contribution in [0.4, 0.5) is 0 Å². The second-order valence-electron chi connectivity index (χ2n) is 15.7. The Labute approximate surface area is 329 Å². The summed E-state index contributed by atoms with van der Waals surface area (Å²) < 4.78 is 15.3. The zero-order valence-corrected chi connectivity index (χ0v) is 34.0. The van der Waals surface area contributed by atoms with Gasteiger partial charge >= 0.3 is 0 Å². The van der Waals surface area contributed by atoms with Gasteiger partial charge in [0.25, 0.3) is 11.8 Å². The molecular formula is C42H56N8O6. The predicted octanol–water partition coefficient (Wildman–Crippen LogP) is 5.04. The van der Waals surface area contributed by atoms with Crippen molar-refractivity contribution in [3.8, 4) is 11.8 Å². The molecule has 4 aromatic rings. The van der Waals surface area contributed by atoms with E-state index in [4.69, 9.17) is 19.4 Å². The van der Waals surface area contributed by atoms with Gasteiger partial charge < -0.3 is 30.7 Å². The van der Waals surface area contributed by atoms with Crippen LogP contribution < -0.4 is 30.7 Å². The molecule has 0 spiro atoms. The monoisotopic (exact) mass is 768 g/mol. The minimum atomic E-state index is -0.996. The van der Waals surface area contributed by atoms with Crippen LogP contribution in [0.1, 0.15) is 111 Å². The van der Waals surface area contributed by atoms with E-state index < -0.39 is 47.8 Å². The van der Waals surface area contributed by atoms with E-state index in [1.807, 2.05) is 116 Å². The third-order valence-corrected chi connectivity index (χ3v) is 10.0. The van der Waals surface area contributed by atoms with E-state index in [1.165, 1.54) is 14.2 Å². The summed E-state index contributed by atoms with van der Waals surface area (Å²) in [5.41, 5.74) is 1.77. The lowest BCUT2D eigenvalue weighted by molar-refractivity contribution is -0.125. The Balaban J connectivity index is 1.72. The molecule has 0 saturated heterocycles. The van der Waals surface area contributed by atoms with Crippen molar-refractivity contribution in [3.63, 3.8) is 0 Å². The number of hydrogen-bond acceptors (Lipinski definition) is 8. The Bertz CT molecular complexity index is 1860. The molecule has 1 aliphatic rings. The molecular weight excluding hydrogens is 713 g/mol. The van der Waals surface area contributed by atoms with Gasteiger partial charge in [-0.2, -0.15) is 0 Å². The van der Waals surface area contributed by atoms with Gasteiger partial charge in [-0.3, -0.25) is 28.3 Å². The average Bonchev–Trinajstić information content (AvgIpc) is 3.71. The highest BCUT2D eigenvalue weighted by atomic mass is 16.5. The number of benzene rings is 2. The van der Waals surface area contributed by atoms with E-state index in [2.05, 4.69) is 21.3 Å². The summed E-state index contributed by atoms with van der Waals surface area (Å²) in [6, 6.07) is 15.8. The fourth-order valence-electron chi connectivity index (χ4n) is 6.97. The lowest BCUT2D eigenvalue weighted by Crippen LogP contribution is -2.52. The van der Waals surface area contributed by atoms with Crippen LogP contribution in [-0.4, -0.2) is 69.0 Å². The number of nitrogens with one attached hydrogen (secondary N) is 4. The first-order chi connectivity index (χ1) is 26.7. The van der Waals surface area contributed by atoms with Gasteiger partial charge in [-0.1, -0.05) is 116 Å². The molecule has 0 fully saturated rings. The second-order valence-corrected chi connectivity index (χ2v) is 15.7. The molecule has 4 N–H and O–H groups in total. The van der Waals surface area contributed by atoms with Crippen molar-refractivity contribution < 1.29 is 28.7 Å². The minimum Gasteiger partial charge on any atom is -0.480 e. The van der Waals surface area contributed by atoms with Crippen LogP contribution in [0.25, 0.3) is 0 Å². The highest BCUT2D eigenvalue weighted by Gasteiger charge is 2.38. The maximum atomic E-state index is 14.4. The third kappa shape index (κ3) is 8.90. The van der Waals surface area contributed by atoms with Gasteiger partial charge in [-0.15, -0.1) is 0 Å². The Morgan fingerprint density at radius 1 is 0.518 bits per heavy atom. The smallest absolute Gasteiger partial charge is 0.276 e. The summed E-state index contributed by atoms with van der Waals surface area (Å²) in [5.74, 6) is -2.11. The number of imidazole rings is 2. The van der Waals surface area contributed by atoms with E-state index >= 15 is 0 Å². The minimum absolute atomic E-state index is 0.0280. The SMILES string of the molecule is COc1c2nc(n1Cc1ccccc1)[C@H](C(C)C)NC(=O)[C@H](C(C)C)NC(=O)c1nc(n(Cc3ccccc3)c1OC)[C@H](C(C)C)NC(=O)[C@H](C(C)C)NC2=O. The third-order valence-electron chi connectivity index (χ3n) is 10.0. The van der Waals surface area contributed by atoms with Crippen LogP contribution in [-0.2, 0) is 22.7 Å². The molecule has 14 nitrogen and oxygen atoms in total. The number of rotatable bonds is 10. The quantitative estimate of drug-likeness (QED) is 0.174. The zero-order chi connectivity index (χ0) is 40.8. The molecule has 3 heterocycles. The standard InChI is InChI=1S/C42H56N8O6/c1-23(2)29-35-43-33(41(55-9)49(35)21-27-17-13-11-14-18-27)39(53)48-32(26(7)8)38(52)46-30(24(3)4)36-44-34(40(54)47-31(25(5)6)37(51)45-29)42(56-10)50(36)22-28-19-15-12-16-20-28/h11-20,23-26,29-32H,21-22H2,1-10H3,(H,45,51)(H,46,52)(H,47,54)(H,48,53)/t29-,30-,31-,32-/m0/s1. The molecule has 4 atom stereocenters. The molecule has 4 bridgehead atoms. The number of amides is 4. The number of carbonyl (C=O) groups is 4. The zero-order valence-electron chi connectivity index (χ0n) is 34.0. The lowest BCUT2D eigenvalue weighted by Gasteiger charge is -2.28. The number of hydrogen-bond donors (Lipinski definition) is 4. The van der Waals surface area contributed by atoms with Gasteiger partial charge in [-0.25, -0.2) is 9.97 Å². The van der Waals surface area contributed by atoms with Crippen molar-refractivity contribution >= 4 is 23.6 Å². The number of methoxy groups -OCH3 is 2. The Kier molecular flexibility index (Phi) is 13.2. The van der Waals surface area contributed by atoms with Gasteiger partial charge in [-0.05, 0) is 34.8 Å². The number of ether oxygens (including phenoxy) is 2. The topological polar surface area (TPSA) is 170 Å². The van der Waals surface area contributed by atoms with Gasteiger partial charge in [0.15, 0.2) is 11.4 Å². The van der Waals surface area contributed by atoms with Gasteiger partial charge in [0.1, 0.15) is 23.7 Å². The molecule has 0 aliphatic carbocycles. The Hall–Kier alpha value is -5.66. The number of carbonyl (C=O) groups excluding carboxylic acids is 4. The summed E-state index contributed by atoms with van der Waals surface area (Å²) in [7, 11) is 2.92. The Morgan fingerprint density at radius 3 is 1.12 bits per heavy atom. The molecule has 0 unspecified atom stereocenters. The first-order valence-corrected chi connectivity index (χ1v) is 19.3. The fourth-order valence-corrected chi connectivity index (χ4v) is 6.97. The van der Waals surface area contributed by atoms with Crippen LogP contribution in [0.5, 0.6) is 11.8 Å². The number of nitrogens with zero attached hydrogens (tertiary/aromatic N) is 4. The van der Waals surface area contributed by atoms with E-state index in [0.717, 1.165) is 11.1 Å². The van der Waals surface area contributed by atoms with E-state index in [1.54, 1.807) is 9.13 Å². The van der Waals surface area contributed by atoms with E-state index in [-0.39, 0.29) is 59.9 Å². The van der Waals surface area contributed by atoms with E-state index in [9.17, 15) is 19.2 Å². The molecule has 1 aliphatic heterocycles. The molecule has 0 radical (unpaired) electrons. The first kappa shape index (κ1) is 41.5. The van der Waals surface area contributed by atoms with Crippen molar-refractivity contribution in [2.45, 2.75) is 92.6 Å². The summed E-state index contributed by atoms with van der Waals surface area (Å²) in [6.45, 7) is 15.7.